The largest absolute Gasteiger partial charge is 0.333 e. The average Bonchev–Trinajstić information content (AvgIpc) is 3.23. The molecule has 6 heteroatoms. The topological polar surface area (TPSA) is 55.2 Å². The number of hydrogen-bond acceptors (Lipinski definition) is 4. The molecule has 0 saturated carbocycles. The first kappa shape index (κ1) is 20.8. The van der Waals surface area contributed by atoms with Crippen LogP contribution in [-0.4, -0.2) is 27.6 Å². The standard InChI is InChI=1S/C25H23N3O2S/c1-18-13-15-22(31-18)21-14-16-23(29)28(26-21)17-24(30)27(2)25(19-9-5-3-6-10-19)20-11-7-4-8-12-20/h3-16,25H,17H2,1-2H3. The Morgan fingerprint density at radius 3 is 2.10 bits per heavy atom. The molecule has 2 aromatic carbocycles. The summed E-state index contributed by atoms with van der Waals surface area (Å²) in [6.45, 7) is 1.90. The Balaban J connectivity index is 1.63. The Morgan fingerprint density at radius 1 is 0.935 bits per heavy atom. The minimum Gasteiger partial charge on any atom is -0.333 e. The van der Waals surface area contributed by atoms with E-state index in [1.807, 2.05) is 79.7 Å². The van der Waals surface area contributed by atoms with Crippen LogP contribution in [0.2, 0.25) is 0 Å². The van der Waals surface area contributed by atoms with Gasteiger partial charge < -0.3 is 4.90 Å². The molecule has 4 aromatic rings. The number of aryl methyl sites for hydroxylation is 1. The number of benzene rings is 2. The van der Waals surface area contributed by atoms with Crippen molar-refractivity contribution in [3.63, 3.8) is 0 Å². The molecule has 156 valence electrons. The summed E-state index contributed by atoms with van der Waals surface area (Å²) in [5.74, 6) is -0.188. The summed E-state index contributed by atoms with van der Waals surface area (Å²) in [7, 11) is 1.77. The normalized spacial score (nSPS) is 10.9. The maximum absolute atomic E-state index is 13.2. The molecule has 31 heavy (non-hydrogen) atoms. The number of aromatic nitrogens is 2. The average molecular weight is 430 g/mol. The predicted molar refractivity (Wildman–Crippen MR) is 124 cm³/mol. The van der Waals surface area contributed by atoms with Crippen molar-refractivity contribution in [2.24, 2.45) is 0 Å². The number of carbonyl (C=O) groups is 1. The minimum absolute atomic E-state index is 0.121. The van der Waals surface area contributed by atoms with E-state index in [2.05, 4.69) is 5.10 Å². The molecule has 0 fully saturated rings. The van der Waals surface area contributed by atoms with Crippen LogP contribution >= 0.6 is 11.3 Å². The van der Waals surface area contributed by atoms with Gasteiger partial charge in [-0.3, -0.25) is 9.59 Å². The third-order valence-electron chi connectivity index (χ3n) is 5.16. The summed E-state index contributed by atoms with van der Waals surface area (Å²) in [5, 5.41) is 4.45. The maximum Gasteiger partial charge on any atom is 0.267 e. The molecule has 0 aliphatic carbocycles. The van der Waals surface area contributed by atoms with Gasteiger partial charge >= 0.3 is 0 Å². The summed E-state index contributed by atoms with van der Waals surface area (Å²) >= 11 is 1.61. The lowest BCUT2D eigenvalue weighted by Crippen LogP contribution is -2.37. The lowest BCUT2D eigenvalue weighted by atomic mass is 9.97. The summed E-state index contributed by atoms with van der Waals surface area (Å²) in [4.78, 5) is 29.5. The molecular weight excluding hydrogens is 406 g/mol. The molecular formula is C25H23N3O2S. The molecule has 1 amide bonds. The van der Waals surface area contributed by atoms with Gasteiger partial charge in [0.05, 0.1) is 10.9 Å². The number of thiophene rings is 1. The van der Waals surface area contributed by atoms with Gasteiger partial charge in [0.15, 0.2) is 0 Å². The van der Waals surface area contributed by atoms with E-state index in [-0.39, 0.29) is 24.1 Å². The third kappa shape index (κ3) is 4.64. The van der Waals surface area contributed by atoms with Crippen LogP contribution in [0, 0.1) is 6.92 Å². The molecule has 0 radical (unpaired) electrons. The highest BCUT2D eigenvalue weighted by molar-refractivity contribution is 7.15. The molecule has 5 nitrogen and oxygen atoms in total. The van der Waals surface area contributed by atoms with E-state index in [1.54, 1.807) is 29.4 Å². The number of amides is 1. The van der Waals surface area contributed by atoms with Crippen molar-refractivity contribution >= 4 is 17.2 Å². The SMILES string of the molecule is Cc1ccc(-c2ccc(=O)n(CC(=O)N(C)C(c3ccccc3)c3ccccc3)n2)s1. The Morgan fingerprint density at radius 2 is 1.55 bits per heavy atom. The van der Waals surface area contributed by atoms with Crippen molar-refractivity contribution in [1.29, 1.82) is 0 Å². The molecule has 2 aromatic heterocycles. The van der Waals surface area contributed by atoms with Crippen molar-refractivity contribution in [3.8, 4) is 10.6 Å². The lowest BCUT2D eigenvalue weighted by molar-refractivity contribution is -0.132. The summed E-state index contributed by atoms with van der Waals surface area (Å²) in [6, 6.07) is 26.7. The first-order chi connectivity index (χ1) is 15.0. The Hall–Kier alpha value is -3.51. The molecule has 0 aliphatic rings. The maximum atomic E-state index is 13.2. The molecule has 0 saturated heterocycles. The van der Waals surface area contributed by atoms with Crippen LogP contribution in [0.5, 0.6) is 0 Å². The van der Waals surface area contributed by atoms with Gasteiger partial charge in [-0.05, 0) is 36.2 Å². The molecule has 4 rings (SSSR count). The van der Waals surface area contributed by atoms with Gasteiger partial charge in [0, 0.05) is 18.0 Å². The second-order valence-electron chi connectivity index (χ2n) is 7.35. The Bertz CT molecular complexity index is 1190. The van der Waals surface area contributed by atoms with E-state index in [4.69, 9.17) is 0 Å². The highest BCUT2D eigenvalue weighted by atomic mass is 32.1. The first-order valence-electron chi connectivity index (χ1n) is 10.0. The van der Waals surface area contributed by atoms with Crippen molar-refractivity contribution in [3.05, 3.63) is 111 Å². The molecule has 0 spiro atoms. The van der Waals surface area contributed by atoms with E-state index in [9.17, 15) is 9.59 Å². The Kier molecular flexibility index (Phi) is 6.09. The van der Waals surface area contributed by atoms with Crippen LogP contribution in [0.25, 0.3) is 10.6 Å². The number of likely N-dealkylation sites (N-methyl/N-ethyl adjacent to an activating group) is 1. The van der Waals surface area contributed by atoms with Crippen LogP contribution in [0.15, 0.2) is 89.7 Å². The quantitative estimate of drug-likeness (QED) is 0.453. The van der Waals surface area contributed by atoms with Gasteiger partial charge in [-0.15, -0.1) is 11.3 Å². The summed E-state index contributed by atoms with van der Waals surface area (Å²) in [5.41, 5.74) is 2.41. The van der Waals surface area contributed by atoms with Crippen molar-refractivity contribution in [2.75, 3.05) is 7.05 Å². The van der Waals surface area contributed by atoms with Crippen LogP contribution < -0.4 is 5.56 Å². The zero-order chi connectivity index (χ0) is 21.8. The van der Waals surface area contributed by atoms with E-state index < -0.39 is 0 Å². The van der Waals surface area contributed by atoms with Crippen molar-refractivity contribution < 1.29 is 4.79 Å². The van der Waals surface area contributed by atoms with Crippen molar-refractivity contribution in [2.45, 2.75) is 19.5 Å². The molecule has 0 bridgehead atoms. The van der Waals surface area contributed by atoms with E-state index in [1.165, 1.54) is 15.6 Å². The smallest absolute Gasteiger partial charge is 0.267 e. The first-order valence-corrected chi connectivity index (χ1v) is 10.8. The van der Waals surface area contributed by atoms with Gasteiger partial charge in [0.25, 0.3) is 5.56 Å². The van der Waals surface area contributed by atoms with Crippen LogP contribution in [-0.2, 0) is 11.3 Å². The monoisotopic (exact) mass is 429 g/mol. The summed E-state index contributed by atoms with van der Waals surface area (Å²) in [6.07, 6.45) is 0. The Labute approximate surface area is 185 Å². The molecule has 2 heterocycles. The zero-order valence-corrected chi connectivity index (χ0v) is 18.3. The second kappa shape index (κ2) is 9.10. The fourth-order valence-electron chi connectivity index (χ4n) is 3.56. The zero-order valence-electron chi connectivity index (χ0n) is 17.4. The highest BCUT2D eigenvalue weighted by Gasteiger charge is 2.24. The number of hydrogen-bond donors (Lipinski definition) is 0. The summed E-state index contributed by atoms with van der Waals surface area (Å²) < 4.78 is 1.25. The van der Waals surface area contributed by atoms with E-state index >= 15 is 0 Å². The van der Waals surface area contributed by atoms with E-state index in [0.29, 0.717) is 5.69 Å². The molecule has 0 unspecified atom stereocenters. The van der Waals surface area contributed by atoms with Gasteiger partial charge in [-0.1, -0.05) is 60.7 Å². The molecule has 0 aliphatic heterocycles. The van der Waals surface area contributed by atoms with Crippen LogP contribution in [0.1, 0.15) is 22.0 Å². The molecule has 0 N–H and O–H groups in total. The highest BCUT2D eigenvalue weighted by Crippen LogP contribution is 2.28. The van der Waals surface area contributed by atoms with E-state index in [0.717, 1.165) is 16.0 Å². The van der Waals surface area contributed by atoms with Crippen molar-refractivity contribution in [1.82, 2.24) is 14.7 Å². The van der Waals surface area contributed by atoms with Gasteiger partial charge in [0.1, 0.15) is 12.2 Å². The number of nitrogens with zero attached hydrogens (tertiary/aromatic N) is 3. The predicted octanol–water partition coefficient (Wildman–Crippen LogP) is 4.53. The third-order valence-corrected chi connectivity index (χ3v) is 6.18. The number of rotatable bonds is 6. The van der Waals surface area contributed by atoms with Gasteiger partial charge in [-0.2, -0.15) is 5.10 Å². The van der Waals surface area contributed by atoms with Crippen LogP contribution in [0.4, 0.5) is 0 Å². The lowest BCUT2D eigenvalue weighted by Gasteiger charge is -2.29. The van der Waals surface area contributed by atoms with Gasteiger partial charge in [0.2, 0.25) is 5.91 Å². The molecule has 0 atom stereocenters. The van der Waals surface area contributed by atoms with Crippen LogP contribution in [0.3, 0.4) is 0 Å². The minimum atomic E-state index is -0.297. The fraction of sp³-hybridized carbons (Fsp3) is 0.160. The van der Waals surface area contributed by atoms with Gasteiger partial charge in [-0.25, -0.2) is 4.68 Å². The fourth-order valence-corrected chi connectivity index (χ4v) is 4.39. The second-order valence-corrected chi connectivity index (χ2v) is 8.64. The number of carbonyl (C=O) groups excluding carboxylic acids is 1.